The van der Waals surface area contributed by atoms with Crippen molar-refractivity contribution in [3.8, 4) is 5.75 Å². The molecule has 1 aliphatic rings. The Morgan fingerprint density at radius 3 is 2.32 bits per heavy atom. The molecule has 8 heteroatoms. The van der Waals surface area contributed by atoms with Crippen molar-refractivity contribution in [2.45, 2.75) is 13.3 Å². The van der Waals surface area contributed by atoms with E-state index >= 15 is 0 Å². The molecular weight excluding hydrogens is 396 g/mol. The normalized spacial score (nSPS) is 13.4. The molecule has 8 nitrogen and oxygen atoms in total. The van der Waals surface area contributed by atoms with Gasteiger partial charge in [0.25, 0.3) is 11.8 Å². The summed E-state index contributed by atoms with van der Waals surface area (Å²) in [6, 6.07) is 15.6. The number of carbonyl (C=O) groups excluding carboxylic acids is 3. The van der Waals surface area contributed by atoms with E-state index in [0.29, 0.717) is 42.0 Å². The van der Waals surface area contributed by atoms with Crippen LogP contribution in [-0.4, -0.2) is 52.9 Å². The number of aromatic nitrogens is 1. The number of nitrogens with one attached hydrogen (secondary N) is 1. The molecular formula is C23H22N4O4. The Bertz CT molecular complexity index is 1160. The maximum Gasteiger partial charge on any atom is 0.291 e. The molecule has 0 bridgehead atoms. The summed E-state index contributed by atoms with van der Waals surface area (Å²) in [5, 5.41) is 6.36. The van der Waals surface area contributed by atoms with Gasteiger partial charge in [0.2, 0.25) is 5.91 Å². The molecule has 0 aliphatic carbocycles. The number of carbonyl (C=O) groups is 3. The molecule has 3 aromatic rings. The average Bonchev–Trinajstić information content (AvgIpc) is 3.27. The van der Waals surface area contributed by atoms with Gasteiger partial charge in [-0.3, -0.25) is 14.4 Å². The fraction of sp³-hybridized carbons (Fsp3) is 0.217. The number of anilines is 1. The number of benzene rings is 2. The van der Waals surface area contributed by atoms with Crippen molar-refractivity contribution in [1.82, 2.24) is 15.0 Å². The van der Waals surface area contributed by atoms with E-state index in [4.69, 9.17) is 4.74 Å². The van der Waals surface area contributed by atoms with Crippen LogP contribution in [0.25, 0.3) is 10.9 Å². The SMILES string of the molecule is COc1cc(C(=O)N2CCCN2C(=O)c2ccc(NC(C)=O)cc2)nc2ccccc12. The van der Waals surface area contributed by atoms with Crippen molar-refractivity contribution in [2.24, 2.45) is 0 Å². The van der Waals surface area contributed by atoms with E-state index in [1.54, 1.807) is 37.4 Å². The Hall–Kier alpha value is -3.94. The molecule has 2 aromatic carbocycles. The van der Waals surface area contributed by atoms with Crippen LogP contribution in [0, 0.1) is 0 Å². The lowest BCUT2D eigenvalue weighted by atomic mass is 10.1. The number of rotatable bonds is 4. The zero-order valence-electron chi connectivity index (χ0n) is 17.3. The minimum atomic E-state index is -0.357. The quantitative estimate of drug-likeness (QED) is 0.703. The number of amides is 3. The summed E-state index contributed by atoms with van der Waals surface area (Å²) >= 11 is 0. The van der Waals surface area contributed by atoms with Crippen LogP contribution in [0.2, 0.25) is 0 Å². The Morgan fingerprint density at radius 1 is 0.968 bits per heavy atom. The van der Waals surface area contributed by atoms with Crippen molar-refractivity contribution in [2.75, 3.05) is 25.5 Å². The standard InChI is InChI=1S/C23H22N4O4/c1-15(28)24-17-10-8-16(9-11-17)22(29)26-12-5-13-27(26)23(30)20-14-21(31-2)18-6-3-4-7-19(18)25-20/h3-4,6-11,14H,5,12-13H2,1-2H3,(H,24,28). The van der Waals surface area contributed by atoms with Gasteiger partial charge in [0.15, 0.2) is 0 Å². The Labute approximate surface area is 179 Å². The van der Waals surface area contributed by atoms with Crippen LogP contribution in [0.3, 0.4) is 0 Å². The fourth-order valence-electron chi connectivity index (χ4n) is 3.64. The highest BCUT2D eigenvalue weighted by Gasteiger charge is 2.33. The number of hydrogen-bond acceptors (Lipinski definition) is 5. The maximum atomic E-state index is 13.2. The molecule has 31 heavy (non-hydrogen) atoms. The van der Waals surface area contributed by atoms with E-state index < -0.39 is 0 Å². The van der Waals surface area contributed by atoms with Crippen LogP contribution in [0.15, 0.2) is 54.6 Å². The van der Waals surface area contributed by atoms with Crippen LogP contribution in [-0.2, 0) is 4.79 Å². The van der Waals surface area contributed by atoms with Gasteiger partial charge >= 0.3 is 0 Å². The maximum absolute atomic E-state index is 13.2. The van der Waals surface area contributed by atoms with Crippen molar-refractivity contribution in [3.63, 3.8) is 0 Å². The highest BCUT2D eigenvalue weighted by atomic mass is 16.5. The first-order chi connectivity index (χ1) is 15.0. The first-order valence-electron chi connectivity index (χ1n) is 9.93. The predicted molar refractivity (Wildman–Crippen MR) is 116 cm³/mol. The van der Waals surface area contributed by atoms with Gasteiger partial charge in [0.05, 0.1) is 12.6 Å². The summed E-state index contributed by atoms with van der Waals surface area (Å²) < 4.78 is 5.44. The molecule has 3 amide bonds. The van der Waals surface area contributed by atoms with E-state index in [9.17, 15) is 14.4 Å². The zero-order valence-corrected chi connectivity index (χ0v) is 17.3. The fourth-order valence-corrected chi connectivity index (χ4v) is 3.64. The highest BCUT2D eigenvalue weighted by molar-refractivity contribution is 6.01. The van der Waals surface area contributed by atoms with Crippen LogP contribution in [0.5, 0.6) is 5.75 Å². The van der Waals surface area contributed by atoms with Gasteiger partial charge in [0.1, 0.15) is 11.4 Å². The number of hydrazine groups is 1. The summed E-state index contributed by atoms with van der Waals surface area (Å²) in [4.78, 5) is 42.0. The first-order valence-corrected chi connectivity index (χ1v) is 9.93. The number of nitrogens with zero attached hydrogens (tertiary/aromatic N) is 3. The lowest BCUT2D eigenvalue weighted by molar-refractivity contribution is -0.114. The lowest BCUT2D eigenvalue weighted by Crippen LogP contribution is -2.45. The van der Waals surface area contributed by atoms with Crippen LogP contribution < -0.4 is 10.1 Å². The second kappa shape index (κ2) is 8.43. The molecule has 1 aliphatic heterocycles. The van der Waals surface area contributed by atoms with Crippen molar-refractivity contribution in [3.05, 3.63) is 65.9 Å². The van der Waals surface area contributed by atoms with Crippen molar-refractivity contribution >= 4 is 34.3 Å². The smallest absolute Gasteiger partial charge is 0.291 e. The average molecular weight is 418 g/mol. The van der Waals surface area contributed by atoms with Crippen molar-refractivity contribution < 1.29 is 19.1 Å². The molecule has 1 aromatic heterocycles. The molecule has 0 spiro atoms. The second-order valence-electron chi connectivity index (χ2n) is 7.20. The molecule has 1 fully saturated rings. The monoisotopic (exact) mass is 418 g/mol. The second-order valence-corrected chi connectivity index (χ2v) is 7.20. The molecule has 2 heterocycles. The summed E-state index contributed by atoms with van der Waals surface area (Å²) in [5.41, 5.74) is 1.90. The van der Waals surface area contributed by atoms with E-state index in [0.717, 1.165) is 5.39 Å². The highest BCUT2D eigenvalue weighted by Crippen LogP contribution is 2.27. The molecule has 1 saturated heterocycles. The van der Waals surface area contributed by atoms with Crippen LogP contribution in [0.1, 0.15) is 34.2 Å². The molecule has 0 saturated carbocycles. The summed E-state index contributed by atoms with van der Waals surface area (Å²) in [6.45, 7) is 2.27. The topological polar surface area (TPSA) is 91.8 Å². The zero-order chi connectivity index (χ0) is 22.0. The molecule has 4 rings (SSSR count). The van der Waals surface area contributed by atoms with Gasteiger partial charge in [-0.05, 0) is 42.8 Å². The molecule has 158 valence electrons. The number of fused-ring (bicyclic) bond motifs is 1. The molecule has 0 atom stereocenters. The van der Waals surface area contributed by atoms with Gasteiger partial charge in [-0.1, -0.05) is 12.1 Å². The largest absolute Gasteiger partial charge is 0.496 e. The minimum Gasteiger partial charge on any atom is -0.496 e. The third-order valence-corrected chi connectivity index (χ3v) is 5.07. The number of pyridine rings is 1. The van der Waals surface area contributed by atoms with Crippen LogP contribution in [0.4, 0.5) is 5.69 Å². The van der Waals surface area contributed by atoms with E-state index in [-0.39, 0.29) is 23.4 Å². The number of hydrogen-bond donors (Lipinski definition) is 1. The summed E-state index contributed by atoms with van der Waals surface area (Å²) in [6.07, 6.45) is 0.673. The van der Waals surface area contributed by atoms with Crippen molar-refractivity contribution in [1.29, 1.82) is 0 Å². The summed E-state index contributed by atoms with van der Waals surface area (Å²) in [7, 11) is 1.55. The van der Waals surface area contributed by atoms with Gasteiger partial charge in [0, 0.05) is 42.7 Å². The minimum absolute atomic E-state index is 0.186. The van der Waals surface area contributed by atoms with Gasteiger partial charge in [-0.25, -0.2) is 15.0 Å². The number of ether oxygens (including phenoxy) is 1. The first kappa shape index (κ1) is 20.3. The molecule has 0 unspecified atom stereocenters. The third kappa shape index (κ3) is 4.05. The Balaban J connectivity index is 1.59. The van der Waals surface area contributed by atoms with Crippen LogP contribution >= 0.6 is 0 Å². The third-order valence-electron chi connectivity index (χ3n) is 5.07. The Kier molecular flexibility index (Phi) is 5.53. The Morgan fingerprint density at radius 2 is 1.65 bits per heavy atom. The van der Waals surface area contributed by atoms with Gasteiger partial charge < -0.3 is 10.1 Å². The molecule has 0 radical (unpaired) electrons. The number of para-hydroxylation sites is 1. The van der Waals surface area contributed by atoms with Gasteiger partial charge in [-0.2, -0.15) is 0 Å². The lowest BCUT2D eigenvalue weighted by Gasteiger charge is -2.28. The summed E-state index contributed by atoms with van der Waals surface area (Å²) in [5.74, 6) is -0.272. The van der Waals surface area contributed by atoms with E-state index in [1.807, 2.05) is 24.3 Å². The van der Waals surface area contributed by atoms with Gasteiger partial charge in [-0.15, -0.1) is 0 Å². The number of methoxy groups -OCH3 is 1. The predicted octanol–water partition coefficient (Wildman–Crippen LogP) is 3.11. The van der Waals surface area contributed by atoms with E-state index in [1.165, 1.54) is 16.9 Å². The van der Waals surface area contributed by atoms with E-state index in [2.05, 4.69) is 10.3 Å². The molecule has 1 N–H and O–H groups in total.